The molecule has 0 aromatic carbocycles. The van der Waals surface area contributed by atoms with Gasteiger partial charge in [-0.1, -0.05) is 0 Å². The van der Waals surface area contributed by atoms with Gasteiger partial charge in [0.15, 0.2) is 17.0 Å². The SMILES string of the molecule is c1nc(N2CC2)c2ncn(C3CCCCO3)c2n1. The first-order valence-electron chi connectivity index (χ1n) is 6.47. The standard InChI is InChI=1S/C12H15N5O/c1-2-6-18-9(3-1)17-8-15-10-11(16-4-5-16)13-7-14-12(10)17/h7-9H,1-6H2. The molecule has 6 heteroatoms. The first-order valence-corrected chi connectivity index (χ1v) is 6.47. The number of rotatable bonds is 2. The smallest absolute Gasteiger partial charge is 0.167 e. The van der Waals surface area contributed by atoms with Gasteiger partial charge in [0, 0.05) is 19.7 Å². The summed E-state index contributed by atoms with van der Waals surface area (Å²) in [5.74, 6) is 0.953. The van der Waals surface area contributed by atoms with Gasteiger partial charge < -0.3 is 9.64 Å². The van der Waals surface area contributed by atoms with E-state index >= 15 is 0 Å². The molecule has 0 spiro atoms. The van der Waals surface area contributed by atoms with Gasteiger partial charge in [0.1, 0.15) is 12.6 Å². The number of anilines is 1. The first-order chi connectivity index (χ1) is 8.93. The fourth-order valence-electron chi connectivity index (χ4n) is 2.49. The lowest BCUT2D eigenvalue weighted by molar-refractivity contribution is -0.0298. The van der Waals surface area contributed by atoms with Gasteiger partial charge in [-0.25, -0.2) is 15.0 Å². The van der Waals surface area contributed by atoms with E-state index in [4.69, 9.17) is 4.74 Å². The van der Waals surface area contributed by atoms with Crippen molar-refractivity contribution in [1.82, 2.24) is 19.5 Å². The Morgan fingerprint density at radius 2 is 2.11 bits per heavy atom. The minimum atomic E-state index is 0.0840. The third-order valence-corrected chi connectivity index (χ3v) is 3.55. The van der Waals surface area contributed by atoms with Crippen LogP contribution in [0.15, 0.2) is 12.7 Å². The average molecular weight is 245 g/mol. The van der Waals surface area contributed by atoms with Crippen molar-refractivity contribution in [2.24, 2.45) is 0 Å². The van der Waals surface area contributed by atoms with Crippen molar-refractivity contribution in [3.8, 4) is 0 Å². The Kier molecular flexibility index (Phi) is 2.23. The van der Waals surface area contributed by atoms with Crippen molar-refractivity contribution in [3.63, 3.8) is 0 Å². The van der Waals surface area contributed by atoms with E-state index in [0.717, 1.165) is 49.5 Å². The zero-order valence-corrected chi connectivity index (χ0v) is 10.1. The van der Waals surface area contributed by atoms with Crippen LogP contribution in [0.1, 0.15) is 25.5 Å². The zero-order chi connectivity index (χ0) is 11.9. The summed E-state index contributed by atoms with van der Waals surface area (Å²) in [6.45, 7) is 2.96. The average Bonchev–Trinajstić information content (AvgIpc) is 3.18. The number of nitrogens with zero attached hydrogens (tertiary/aromatic N) is 5. The topological polar surface area (TPSA) is 55.8 Å². The maximum atomic E-state index is 5.80. The molecule has 18 heavy (non-hydrogen) atoms. The second-order valence-corrected chi connectivity index (χ2v) is 4.83. The van der Waals surface area contributed by atoms with Gasteiger partial charge >= 0.3 is 0 Å². The van der Waals surface area contributed by atoms with Gasteiger partial charge in [-0.3, -0.25) is 4.57 Å². The molecule has 94 valence electrons. The van der Waals surface area contributed by atoms with Crippen molar-refractivity contribution in [2.45, 2.75) is 25.5 Å². The van der Waals surface area contributed by atoms with Gasteiger partial charge in [-0.2, -0.15) is 0 Å². The van der Waals surface area contributed by atoms with Crippen molar-refractivity contribution >= 4 is 17.0 Å². The van der Waals surface area contributed by atoms with E-state index < -0.39 is 0 Å². The molecular formula is C12H15N5O. The molecule has 6 nitrogen and oxygen atoms in total. The second-order valence-electron chi connectivity index (χ2n) is 4.83. The van der Waals surface area contributed by atoms with Gasteiger partial charge in [0.05, 0.1) is 6.33 Å². The van der Waals surface area contributed by atoms with Gasteiger partial charge in [-0.05, 0) is 19.3 Å². The fourth-order valence-corrected chi connectivity index (χ4v) is 2.49. The molecule has 0 amide bonds. The number of aromatic nitrogens is 4. The van der Waals surface area contributed by atoms with Crippen molar-refractivity contribution in [1.29, 1.82) is 0 Å². The van der Waals surface area contributed by atoms with Crippen LogP contribution in [0.5, 0.6) is 0 Å². The Bertz CT molecular complexity index is 571. The van der Waals surface area contributed by atoms with Crippen LogP contribution in [-0.4, -0.2) is 39.2 Å². The minimum absolute atomic E-state index is 0.0840. The summed E-state index contributed by atoms with van der Waals surface area (Å²) >= 11 is 0. The van der Waals surface area contributed by atoms with E-state index in [-0.39, 0.29) is 6.23 Å². The number of ether oxygens (including phenoxy) is 1. The lowest BCUT2D eigenvalue weighted by Gasteiger charge is -2.23. The predicted octanol–water partition coefficient (Wildman–Crippen LogP) is 1.35. The van der Waals surface area contributed by atoms with Crippen LogP contribution in [0.3, 0.4) is 0 Å². The van der Waals surface area contributed by atoms with Crippen LogP contribution in [0.2, 0.25) is 0 Å². The molecule has 2 aliphatic heterocycles. The van der Waals surface area contributed by atoms with E-state index in [1.165, 1.54) is 6.42 Å². The summed E-state index contributed by atoms with van der Waals surface area (Å²) in [7, 11) is 0. The molecule has 4 heterocycles. The highest BCUT2D eigenvalue weighted by atomic mass is 16.5. The highest BCUT2D eigenvalue weighted by Crippen LogP contribution is 2.30. The zero-order valence-electron chi connectivity index (χ0n) is 10.1. The normalized spacial score (nSPS) is 23.6. The van der Waals surface area contributed by atoms with E-state index in [9.17, 15) is 0 Å². The molecular weight excluding hydrogens is 230 g/mol. The quantitative estimate of drug-likeness (QED) is 0.747. The molecule has 0 aliphatic carbocycles. The molecule has 0 N–H and O–H groups in total. The van der Waals surface area contributed by atoms with Crippen LogP contribution in [0.4, 0.5) is 5.82 Å². The molecule has 4 rings (SSSR count). The number of fused-ring (bicyclic) bond motifs is 1. The molecule has 2 saturated heterocycles. The monoisotopic (exact) mass is 245 g/mol. The number of hydrogen-bond donors (Lipinski definition) is 0. The van der Waals surface area contributed by atoms with Gasteiger partial charge in [-0.15, -0.1) is 0 Å². The Balaban J connectivity index is 1.79. The molecule has 2 aromatic heterocycles. The van der Waals surface area contributed by atoms with Crippen LogP contribution < -0.4 is 4.90 Å². The molecule has 0 bridgehead atoms. The van der Waals surface area contributed by atoms with E-state index in [0.29, 0.717) is 0 Å². The van der Waals surface area contributed by atoms with Crippen molar-refractivity contribution in [3.05, 3.63) is 12.7 Å². The molecule has 2 aliphatic rings. The maximum Gasteiger partial charge on any atom is 0.167 e. The molecule has 1 atom stereocenters. The van der Waals surface area contributed by atoms with Crippen LogP contribution >= 0.6 is 0 Å². The summed E-state index contributed by atoms with van der Waals surface area (Å²) in [4.78, 5) is 15.4. The minimum Gasteiger partial charge on any atom is -0.358 e. The Hall–Kier alpha value is -1.69. The third-order valence-electron chi connectivity index (χ3n) is 3.55. The summed E-state index contributed by atoms with van der Waals surface area (Å²) < 4.78 is 7.84. The Labute approximate surface area is 105 Å². The summed E-state index contributed by atoms with van der Waals surface area (Å²) in [5.41, 5.74) is 1.78. The molecule has 2 aromatic rings. The maximum absolute atomic E-state index is 5.80. The van der Waals surface area contributed by atoms with E-state index in [1.807, 2.05) is 10.9 Å². The predicted molar refractivity (Wildman–Crippen MR) is 66.4 cm³/mol. The van der Waals surface area contributed by atoms with Gasteiger partial charge in [0.2, 0.25) is 0 Å². The summed E-state index contributed by atoms with van der Waals surface area (Å²) in [6.07, 6.45) is 6.93. The fraction of sp³-hybridized carbons (Fsp3) is 0.583. The Morgan fingerprint density at radius 3 is 2.89 bits per heavy atom. The van der Waals surface area contributed by atoms with Crippen molar-refractivity contribution < 1.29 is 4.74 Å². The second kappa shape index (κ2) is 3.91. The molecule has 1 unspecified atom stereocenters. The summed E-state index contributed by atoms with van der Waals surface area (Å²) in [5, 5.41) is 0. The Morgan fingerprint density at radius 1 is 1.17 bits per heavy atom. The largest absolute Gasteiger partial charge is 0.358 e. The lowest BCUT2D eigenvalue weighted by Crippen LogP contribution is -2.17. The van der Waals surface area contributed by atoms with Gasteiger partial charge in [0.25, 0.3) is 0 Å². The van der Waals surface area contributed by atoms with E-state index in [2.05, 4.69) is 19.9 Å². The van der Waals surface area contributed by atoms with Crippen LogP contribution in [0.25, 0.3) is 11.2 Å². The number of imidazole rings is 1. The number of hydrogen-bond acceptors (Lipinski definition) is 5. The highest BCUT2D eigenvalue weighted by molar-refractivity contribution is 5.84. The third kappa shape index (κ3) is 1.56. The molecule has 2 fully saturated rings. The first kappa shape index (κ1) is 10.3. The van der Waals surface area contributed by atoms with Crippen molar-refractivity contribution in [2.75, 3.05) is 24.6 Å². The molecule has 0 radical (unpaired) electrons. The summed E-state index contributed by atoms with van der Waals surface area (Å²) in [6, 6.07) is 0. The molecule has 0 saturated carbocycles. The highest BCUT2D eigenvalue weighted by Gasteiger charge is 2.25. The van der Waals surface area contributed by atoms with Crippen LogP contribution in [-0.2, 0) is 4.74 Å². The van der Waals surface area contributed by atoms with Crippen LogP contribution in [0, 0.1) is 0 Å². The lowest BCUT2D eigenvalue weighted by atomic mass is 10.2. The van der Waals surface area contributed by atoms with E-state index in [1.54, 1.807) is 6.33 Å².